The number of nitrogens with one attached hydrogen (secondary N) is 1. The van der Waals surface area contributed by atoms with Crippen LogP contribution in [-0.2, 0) is 7.05 Å². The van der Waals surface area contributed by atoms with Crippen molar-refractivity contribution in [3.8, 4) is 0 Å². The van der Waals surface area contributed by atoms with E-state index in [0.717, 1.165) is 19.5 Å². The highest BCUT2D eigenvalue weighted by atomic mass is 16.2. The number of imidazole rings is 1. The molecule has 1 aliphatic heterocycles. The molecule has 0 aliphatic carbocycles. The van der Waals surface area contributed by atoms with E-state index in [-0.39, 0.29) is 11.9 Å². The Balaban J connectivity index is 2.09. The summed E-state index contributed by atoms with van der Waals surface area (Å²) in [5, 5.41) is 3.44. The number of aromatic nitrogens is 2. The topological polar surface area (TPSA) is 50.2 Å². The number of carbonyl (C=O) groups excluding carboxylic acids is 1. The first-order chi connectivity index (χ1) is 8.59. The quantitative estimate of drug-likeness (QED) is 0.868. The molecule has 0 aromatic carbocycles. The molecule has 1 aromatic rings. The lowest BCUT2D eigenvalue weighted by Crippen LogP contribution is -2.45. The van der Waals surface area contributed by atoms with Crippen LogP contribution >= 0.6 is 0 Å². The van der Waals surface area contributed by atoms with Crippen molar-refractivity contribution >= 4 is 5.91 Å². The molecule has 2 heterocycles. The summed E-state index contributed by atoms with van der Waals surface area (Å²) in [7, 11) is 1.85. The molecule has 5 nitrogen and oxygen atoms in total. The molecule has 1 aliphatic rings. The van der Waals surface area contributed by atoms with Gasteiger partial charge in [-0.3, -0.25) is 4.79 Å². The fourth-order valence-corrected chi connectivity index (χ4v) is 2.38. The van der Waals surface area contributed by atoms with Crippen molar-refractivity contribution in [3.63, 3.8) is 0 Å². The second kappa shape index (κ2) is 5.52. The van der Waals surface area contributed by atoms with Crippen LogP contribution < -0.4 is 5.32 Å². The van der Waals surface area contributed by atoms with Gasteiger partial charge in [0.2, 0.25) is 0 Å². The maximum Gasteiger partial charge on any atom is 0.290 e. The summed E-state index contributed by atoms with van der Waals surface area (Å²) >= 11 is 0. The van der Waals surface area contributed by atoms with Gasteiger partial charge in [-0.1, -0.05) is 0 Å². The summed E-state index contributed by atoms with van der Waals surface area (Å²) < 4.78 is 1.78. The van der Waals surface area contributed by atoms with Crippen molar-refractivity contribution in [3.05, 3.63) is 18.2 Å². The molecule has 1 unspecified atom stereocenters. The summed E-state index contributed by atoms with van der Waals surface area (Å²) in [6, 6.07) is 0.619. The Bertz CT molecular complexity index is 407. The van der Waals surface area contributed by atoms with E-state index in [1.54, 1.807) is 17.0 Å². The van der Waals surface area contributed by atoms with Gasteiger partial charge in [-0.2, -0.15) is 0 Å². The van der Waals surface area contributed by atoms with E-state index in [9.17, 15) is 4.79 Å². The van der Waals surface area contributed by atoms with Gasteiger partial charge in [-0.15, -0.1) is 0 Å². The Morgan fingerprint density at radius 1 is 1.67 bits per heavy atom. The van der Waals surface area contributed by atoms with Crippen LogP contribution in [0.15, 0.2) is 12.4 Å². The Morgan fingerprint density at radius 2 is 2.44 bits per heavy atom. The van der Waals surface area contributed by atoms with Gasteiger partial charge in [0.1, 0.15) is 0 Å². The zero-order valence-electron chi connectivity index (χ0n) is 11.4. The Kier molecular flexibility index (Phi) is 4.01. The van der Waals surface area contributed by atoms with Crippen molar-refractivity contribution in [2.75, 3.05) is 13.1 Å². The second-order valence-electron chi connectivity index (χ2n) is 5.21. The van der Waals surface area contributed by atoms with E-state index < -0.39 is 0 Å². The molecule has 1 saturated heterocycles. The molecular weight excluding hydrogens is 228 g/mol. The lowest BCUT2D eigenvalue weighted by Gasteiger charge is -2.29. The van der Waals surface area contributed by atoms with E-state index in [1.807, 2.05) is 11.9 Å². The van der Waals surface area contributed by atoms with Crippen LogP contribution in [0, 0.1) is 0 Å². The van der Waals surface area contributed by atoms with Crippen LogP contribution in [0.25, 0.3) is 0 Å². The summed E-state index contributed by atoms with van der Waals surface area (Å²) in [5.74, 6) is 0.535. The van der Waals surface area contributed by atoms with E-state index in [4.69, 9.17) is 0 Å². The largest absolute Gasteiger partial charge is 0.332 e. The van der Waals surface area contributed by atoms with Crippen LogP contribution in [0.2, 0.25) is 0 Å². The van der Waals surface area contributed by atoms with Crippen LogP contribution in [0.4, 0.5) is 0 Å². The third-order valence-corrected chi connectivity index (χ3v) is 3.48. The molecule has 0 saturated carbocycles. The van der Waals surface area contributed by atoms with E-state index in [0.29, 0.717) is 11.9 Å². The third kappa shape index (κ3) is 2.72. The number of rotatable bonds is 4. The highest BCUT2D eigenvalue weighted by Crippen LogP contribution is 2.12. The highest BCUT2D eigenvalue weighted by Gasteiger charge is 2.26. The van der Waals surface area contributed by atoms with Gasteiger partial charge in [0.25, 0.3) is 5.91 Å². The minimum absolute atomic E-state index is 0.0196. The Morgan fingerprint density at radius 3 is 2.94 bits per heavy atom. The predicted octanol–water partition coefficient (Wildman–Crippen LogP) is 1.02. The normalized spacial score (nSPS) is 19.4. The van der Waals surface area contributed by atoms with Gasteiger partial charge < -0.3 is 14.8 Å². The zero-order chi connectivity index (χ0) is 13.1. The van der Waals surface area contributed by atoms with Crippen molar-refractivity contribution in [1.82, 2.24) is 19.8 Å². The molecule has 0 spiro atoms. The molecule has 1 fully saturated rings. The summed E-state index contributed by atoms with van der Waals surface area (Å²) in [5.41, 5.74) is 0. The predicted molar refractivity (Wildman–Crippen MR) is 70.4 cm³/mol. The van der Waals surface area contributed by atoms with E-state index in [2.05, 4.69) is 24.1 Å². The standard InChI is InChI=1S/C13H22N4O/c1-10(2)17(9-11-5-4-6-14-11)13(18)12-15-7-8-16(12)3/h7-8,10-11,14H,4-6,9H2,1-3H3. The van der Waals surface area contributed by atoms with Gasteiger partial charge in [-0.05, 0) is 33.2 Å². The molecule has 0 bridgehead atoms. The number of carbonyl (C=O) groups is 1. The van der Waals surface area contributed by atoms with Crippen LogP contribution in [0.1, 0.15) is 37.3 Å². The molecule has 1 amide bonds. The molecule has 1 atom stereocenters. The number of hydrogen-bond donors (Lipinski definition) is 1. The molecular formula is C13H22N4O. The maximum absolute atomic E-state index is 12.5. The lowest BCUT2D eigenvalue weighted by molar-refractivity contribution is 0.0673. The molecule has 0 radical (unpaired) electrons. The van der Waals surface area contributed by atoms with Crippen LogP contribution in [-0.4, -0.2) is 45.5 Å². The van der Waals surface area contributed by atoms with Crippen molar-refractivity contribution in [1.29, 1.82) is 0 Å². The number of aryl methyl sites for hydroxylation is 1. The van der Waals surface area contributed by atoms with E-state index >= 15 is 0 Å². The van der Waals surface area contributed by atoms with Crippen molar-refractivity contribution in [2.24, 2.45) is 7.05 Å². The summed E-state index contributed by atoms with van der Waals surface area (Å²) in [4.78, 5) is 18.5. The molecule has 1 N–H and O–H groups in total. The molecule has 18 heavy (non-hydrogen) atoms. The SMILES string of the molecule is CC(C)N(CC1CCCN1)C(=O)c1nccn1C. The first-order valence-corrected chi connectivity index (χ1v) is 6.61. The smallest absolute Gasteiger partial charge is 0.290 e. The maximum atomic E-state index is 12.5. The number of amides is 1. The minimum Gasteiger partial charge on any atom is -0.332 e. The average molecular weight is 250 g/mol. The van der Waals surface area contributed by atoms with Crippen LogP contribution in [0.5, 0.6) is 0 Å². The number of hydrogen-bond acceptors (Lipinski definition) is 3. The van der Waals surface area contributed by atoms with Gasteiger partial charge in [0.05, 0.1) is 0 Å². The van der Waals surface area contributed by atoms with Crippen molar-refractivity contribution < 1.29 is 4.79 Å². The molecule has 100 valence electrons. The molecule has 1 aromatic heterocycles. The first-order valence-electron chi connectivity index (χ1n) is 6.61. The minimum atomic E-state index is 0.0196. The van der Waals surface area contributed by atoms with E-state index in [1.165, 1.54) is 6.42 Å². The lowest BCUT2D eigenvalue weighted by atomic mass is 10.2. The first kappa shape index (κ1) is 13.1. The monoisotopic (exact) mass is 250 g/mol. The second-order valence-corrected chi connectivity index (χ2v) is 5.21. The number of nitrogens with zero attached hydrogens (tertiary/aromatic N) is 3. The zero-order valence-corrected chi connectivity index (χ0v) is 11.4. The third-order valence-electron chi connectivity index (χ3n) is 3.48. The van der Waals surface area contributed by atoms with Crippen molar-refractivity contribution in [2.45, 2.75) is 38.8 Å². The fourth-order valence-electron chi connectivity index (χ4n) is 2.38. The summed E-state index contributed by atoms with van der Waals surface area (Å²) in [6.45, 7) is 5.93. The Hall–Kier alpha value is -1.36. The highest BCUT2D eigenvalue weighted by molar-refractivity contribution is 5.91. The van der Waals surface area contributed by atoms with Gasteiger partial charge >= 0.3 is 0 Å². The molecule has 5 heteroatoms. The Labute approximate surface area is 108 Å². The van der Waals surface area contributed by atoms with Gasteiger partial charge in [-0.25, -0.2) is 4.98 Å². The fraction of sp³-hybridized carbons (Fsp3) is 0.692. The average Bonchev–Trinajstić information content (AvgIpc) is 2.95. The molecule has 2 rings (SSSR count). The van der Waals surface area contributed by atoms with Gasteiger partial charge in [0, 0.05) is 38.1 Å². The van der Waals surface area contributed by atoms with Gasteiger partial charge in [0.15, 0.2) is 5.82 Å². The summed E-state index contributed by atoms with van der Waals surface area (Å²) in [6.07, 6.45) is 5.82. The van der Waals surface area contributed by atoms with Crippen LogP contribution in [0.3, 0.4) is 0 Å².